The predicted octanol–water partition coefficient (Wildman–Crippen LogP) is 8.64. The molecule has 0 aromatic carbocycles. The molecule has 0 aliphatic carbocycles. The van der Waals surface area contributed by atoms with Gasteiger partial charge in [-0.1, -0.05) is 11.6 Å². The van der Waals surface area contributed by atoms with Crippen LogP contribution in [-0.2, 0) is 9.31 Å². The first kappa shape index (κ1) is 51.7. The number of carbonyl (C=O) groups excluding carboxylic acids is 2. The standard InChI is InChI=1S/C24H22N8O2.C20H18ClN7O.C10H16BNO3/c1-14-9-16(5-7-25-14)19-3-4-20-23(28-19)32(18-6-8-31(20)13-18)24(33)29-22-10-17(11-27-30-22)21-12-26-15(2)34-21;1-12-8-13(4-6-22-12)16-2-3-17-19(24-16)28(15-5-7-27(17)11-15)20(29)25-18-9-14(21)10-23-26-18;1-7-12-6-8(13-7)11-14-9(2,3)10(4,5)15-11/h3-5,7,9-12,18H,6,8,13H2,1-2H3,(H,29,30,33);2-4,6,8-10,15H,5,7,11H2,1H3,(H,25,26,29);6H,1-5H3/t18-;15-;/m00./s1. The Morgan fingerprint density at radius 2 is 1.13 bits per heavy atom. The van der Waals surface area contributed by atoms with E-state index in [2.05, 4.69) is 60.8 Å². The van der Waals surface area contributed by atoms with Crippen LogP contribution in [0.2, 0.25) is 5.02 Å². The van der Waals surface area contributed by atoms with Crippen LogP contribution in [0.3, 0.4) is 0 Å². The normalized spacial score (nSPS) is 18.1. The summed E-state index contributed by atoms with van der Waals surface area (Å²) >= 11 is 5.97. The number of aryl methyl sites for hydroxylation is 4. The van der Waals surface area contributed by atoms with E-state index < -0.39 is 7.12 Å². The lowest BCUT2D eigenvalue weighted by Gasteiger charge is -2.35. The lowest BCUT2D eigenvalue weighted by atomic mass is 9.87. The van der Waals surface area contributed by atoms with E-state index in [-0.39, 0.29) is 35.3 Å². The zero-order chi connectivity index (χ0) is 54.5. The van der Waals surface area contributed by atoms with Crippen molar-refractivity contribution in [2.45, 2.75) is 91.5 Å². The molecule has 78 heavy (non-hydrogen) atoms. The van der Waals surface area contributed by atoms with Crippen LogP contribution in [0.5, 0.6) is 0 Å². The molecule has 3 saturated heterocycles. The zero-order valence-electron chi connectivity index (χ0n) is 44.3. The van der Waals surface area contributed by atoms with Gasteiger partial charge >= 0.3 is 19.2 Å². The number of carbonyl (C=O) groups is 2. The minimum absolute atomic E-state index is 0.0301. The molecule has 2 N–H and O–H groups in total. The number of hydrogen-bond acceptors (Lipinski definition) is 18. The fraction of sp³-hybridized carbons (Fsp3) is 0.333. The molecular formula is C54H56BClN16O6. The van der Waals surface area contributed by atoms with Crippen molar-refractivity contribution in [2.24, 2.45) is 0 Å². The Morgan fingerprint density at radius 1 is 0.615 bits per heavy atom. The fourth-order valence-corrected chi connectivity index (χ4v) is 10.1. The molecule has 0 saturated carbocycles. The van der Waals surface area contributed by atoms with Gasteiger partial charge in [0.25, 0.3) is 0 Å². The molecule has 0 radical (unpaired) electrons. The Hall–Kier alpha value is -8.41. The van der Waals surface area contributed by atoms with Crippen molar-refractivity contribution in [3.05, 3.63) is 126 Å². The molecule has 8 aromatic heterocycles. The Morgan fingerprint density at radius 3 is 1.62 bits per heavy atom. The molecule has 0 spiro atoms. The van der Waals surface area contributed by atoms with Gasteiger partial charge in [-0.2, -0.15) is 10.2 Å². The number of oxazole rings is 2. The third-order valence-electron chi connectivity index (χ3n) is 14.5. The highest BCUT2D eigenvalue weighted by atomic mass is 35.5. The molecule has 0 unspecified atom stereocenters. The van der Waals surface area contributed by atoms with Gasteiger partial charge in [0.1, 0.15) is 0 Å². The number of amides is 4. The smallest absolute Gasteiger partial charge is 0.450 e. The molecule has 3 fully saturated rings. The van der Waals surface area contributed by atoms with E-state index in [1.807, 2.05) is 90.1 Å². The van der Waals surface area contributed by atoms with Gasteiger partial charge < -0.3 is 27.9 Å². The molecule has 8 aromatic rings. The molecule has 22 nitrogen and oxygen atoms in total. The summed E-state index contributed by atoms with van der Waals surface area (Å²) in [5.74, 6) is 3.69. The number of rotatable bonds is 6. The van der Waals surface area contributed by atoms with Crippen LogP contribution in [-0.4, -0.2) is 119 Å². The van der Waals surface area contributed by atoms with E-state index in [9.17, 15) is 9.59 Å². The Balaban J connectivity index is 0.000000133. The maximum Gasteiger partial charge on any atom is 0.534 e. The number of fused-ring (bicyclic) bond motifs is 8. The first-order chi connectivity index (χ1) is 37.4. The highest BCUT2D eigenvalue weighted by Crippen LogP contribution is 2.42. The highest BCUT2D eigenvalue weighted by molar-refractivity contribution is 6.60. The van der Waals surface area contributed by atoms with Crippen molar-refractivity contribution in [1.29, 1.82) is 0 Å². The molecule has 398 valence electrons. The van der Waals surface area contributed by atoms with Gasteiger partial charge in [-0.25, -0.2) is 29.5 Å². The van der Waals surface area contributed by atoms with Gasteiger partial charge in [0.2, 0.25) is 0 Å². The summed E-state index contributed by atoms with van der Waals surface area (Å²) in [5, 5.41) is 22.0. The van der Waals surface area contributed by atoms with Crippen LogP contribution in [0.15, 0.2) is 107 Å². The second-order valence-corrected chi connectivity index (χ2v) is 21.0. The summed E-state index contributed by atoms with van der Waals surface area (Å²) in [7, 11) is -0.448. The lowest BCUT2D eigenvalue weighted by molar-refractivity contribution is 0.00578. The van der Waals surface area contributed by atoms with E-state index in [1.54, 1.807) is 66.8 Å². The van der Waals surface area contributed by atoms with Crippen molar-refractivity contribution in [3.63, 3.8) is 0 Å². The van der Waals surface area contributed by atoms with Crippen molar-refractivity contribution in [2.75, 3.05) is 56.4 Å². The third kappa shape index (κ3) is 10.5. The molecule has 4 bridgehead atoms. The number of hydrogen-bond donors (Lipinski definition) is 2. The van der Waals surface area contributed by atoms with Crippen LogP contribution in [0.25, 0.3) is 33.8 Å². The number of anilines is 6. The number of nitrogens with one attached hydrogen (secondary N) is 2. The van der Waals surface area contributed by atoms with Gasteiger partial charge in [0.15, 0.2) is 46.5 Å². The monoisotopic (exact) mass is 1070 g/mol. The van der Waals surface area contributed by atoms with E-state index >= 15 is 0 Å². The number of pyridine rings is 4. The zero-order valence-corrected chi connectivity index (χ0v) is 45.1. The Kier molecular flexibility index (Phi) is 13.8. The number of halogens is 1. The van der Waals surface area contributed by atoms with Crippen LogP contribution in [0, 0.1) is 27.7 Å². The lowest BCUT2D eigenvalue weighted by Crippen LogP contribution is -2.48. The molecule has 4 amide bonds. The molecule has 13 heterocycles. The van der Waals surface area contributed by atoms with Gasteiger partial charge in [0.05, 0.1) is 75.9 Å². The highest BCUT2D eigenvalue weighted by Gasteiger charge is 2.53. The van der Waals surface area contributed by atoms with Crippen molar-refractivity contribution < 1.29 is 27.7 Å². The molecule has 13 rings (SSSR count). The molecular weight excluding hydrogens is 1010 g/mol. The first-order valence-electron chi connectivity index (χ1n) is 25.6. The average molecular weight is 1070 g/mol. The third-order valence-corrected chi connectivity index (χ3v) is 14.7. The fourth-order valence-electron chi connectivity index (χ4n) is 9.92. The Labute approximate surface area is 455 Å². The van der Waals surface area contributed by atoms with Crippen LogP contribution >= 0.6 is 11.6 Å². The maximum absolute atomic E-state index is 13.5. The SMILES string of the molecule is Cc1cc(-c2ccc3c(n2)N(C(=O)Nc2cc(-c4cnc(C)o4)cnn2)[C@H]2CCN3C2)ccn1.Cc1cc(-c2ccc3c(n2)N(C(=O)Nc2cc(Cl)cnn2)[C@H]2CCN3C2)ccn1.Cc1ncc(B2OC(C)(C)C(C)(C)O2)o1. The van der Waals surface area contributed by atoms with Crippen molar-refractivity contribution in [3.8, 4) is 33.8 Å². The van der Waals surface area contributed by atoms with Gasteiger partial charge in [0, 0.05) is 86.6 Å². The summed E-state index contributed by atoms with van der Waals surface area (Å²) in [5.41, 5.74) is 7.92. The molecule has 2 atom stereocenters. The minimum atomic E-state index is -0.448. The number of urea groups is 2. The van der Waals surface area contributed by atoms with E-state index in [1.165, 1.54) is 6.20 Å². The topological polar surface area (TPSA) is 245 Å². The molecule has 5 aliphatic rings. The summed E-state index contributed by atoms with van der Waals surface area (Å²) in [6, 6.07) is 18.7. The maximum atomic E-state index is 13.5. The summed E-state index contributed by atoms with van der Waals surface area (Å²) < 4.78 is 22.6. The summed E-state index contributed by atoms with van der Waals surface area (Å²) in [6.45, 7) is 18.9. The largest absolute Gasteiger partial charge is 0.534 e. The number of aromatic nitrogens is 10. The van der Waals surface area contributed by atoms with Crippen LogP contribution < -0.4 is 35.9 Å². The van der Waals surface area contributed by atoms with Crippen LogP contribution in [0.1, 0.15) is 63.7 Å². The van der Waals surface area contributed by atoms with Crippen molar-refractivity contribution in [1.82, 2.24) is 50.3 Å². The summed E-state index contributed by atoms with van der Waals surface area (Å²) in [6.07, 6.45) is 11.6. The molecule has 5 aliphatic heterocycles. The predicted molar refractivity (Wildman–Crippen MR) is 295 cm³/mol. The average Bonchev–Trinajstić information content (AvgIpc) is 4.45. The quantitative estimate of drug-likeness (QED) is 0.148. The second kappa shape index (κ2) is 20.9. The van der Waals surface area contributed by atoms with Crippen molar-refractivity contribution >= 4 is 71.1 Å². The van der Waals surface area contributed by atoms with E-state index in [0.717, 1.165) is 84.3 Å². The van der Waals surface area contributed by atoms with Gasteiger partial charge in [-0.3, -0.25) is 30.4 Å². The first-order valence-corrected chi connectivity index (χ1v) is 25.9. The van der Waals surface area contributed by atoms with Gasteiger partial charge in [-0.05, 0) is 109 Å². The number of nitrogens with zero attached hydrogens (tertiary/aromatic N) is 14. The second-order valence-electron chi connectivity index (χ2n) is 20.5. The molecule has 24 heteroatoms. The van der Waals surface area contributed by atoms with Gasteiger partial charge in [-0.15, -0.1) is 10.2 Å². The van der Waals surface area contributed by atoms with E-state index in [4.69, 9.17) is 39.7 Å². The summed E-state index contributed by atoms with van der Waals surface area (Å²) in [4.78, 5) is 61.2. The van der Waals surface area contributed by atoms with E-state index in [0.29, 0.717) is 57.1 Å². The minimum Gasteiger partial charge on any atom is -0.450 e. The van der Waals surface area contributed by atoms with Crippen LogP contribution in [0.4, 0.5) is 44.2 Å². The Bertz CT molecular complexity index is 3540.